The summed E-state index contributed by atoms with van der Waals surface area (Å²) < 4.78 is 4.91. The molecule has 7 heteroatoms. The summed E-state index contributed by atoms with van der Waals surface area (Å²) in [5, 5.41) is 11.6. The van der Waals surface area contributed by atoms with Crippen LogP contribution in [0.15, 0.2) is 18.2 Å². The molecule has 17 heavy (non-hydrogen) atoms. The number of pyridine rings is 1. The van der Waals surface area contributed by atoms with Gasteiger partial charge in [0.25, 0.3) is 0 Å². The molecule has 4 N–H and O–H groups in total. The van der Waals surface area contributed by atoms with E-state index in [0.29, 0.717) is 12.4 Å². The SMILES string of the molecule is NC(=O)COCCNc1cccc(C(=O)O)n1. The van der Waals surface area contributed by atoms with Crippen molar-refractivity contribution in [2.24, 2.45) is 5.73 Å². The van der Waals surface area contributed by atoms with E-state index < -0.39 is 11.9 Å². The highest BCUT2D eigenvalue weighted by Crippen LogP contribution is 2.04. The number of primary amides is 1. The summed E-state index contributed by atoms with van der Waals surface area (Å²) in [5.41, 5.74) is 4.84. The van der Waals surface area contributed by atoms with Crippen LogP contribution in [0.5, 0.6) is 0 Å². The average molecular weight is 239 g/mol. The van der Waals surface area contributed by atoms with E-state index in [1.54, 1.807) is 12.1 Å². The van der Waals surface area contributed by atoms with Crippen LogP contribution in [0.4, 0.5) is 5.82 Å². The summed E-state index contributed by atoms with van der Waals surface area (Å²) in [6.45, 7) is 0.551. The number of aromatic carboxylic acids is 1. The molecule has 1 rings (SSSR count). The number of carbonyl (C=O) groups is 2. The van der Waals surface area contributed by atoms with E-state index in [2.05, 4.69) is 10.3 Å². The lowest BCUT2D eigenvalue weighted by molar-refractivity contribution is -0.122. The number of amides is 1. The van der Waals surface area contributed by atoms with Gasteiger partial charge in [-0.2, -0.15) is 0 Å². The van der Waals surface area contributed by atoms with Crippen LogP contribution in [0.25, 0.3) is 0 Å². The first-order chi connectivity index (χ1) is 8.09. The lowest BCUT2D eigenvalue weighted by atomic mass is 10.3. The molecular weight excluding hydrogens is 226 g/mol. The summed E-state index contributed by atoms with van der Waals surface area (Å²) in [7, 11) is 0. The van der Waals surface area contributed by atoms with Crippen molar-refractivity contribution in [1.82, 2.24) is 4.98 Å². The first-order valence-corrected chi connectivity index (χ1v) is 4.90. The highest BCUT2D eigenvalue weighted by Gasteiger charge is 2.04. The minimum absolute atomic E-state index is 0.0342. The maximum absolute atomic E-state index is 10.6. The van der Waals surface area contributed by atoms with Crippen molar-refractivity contribution in [3.05, 3.63) is 23.9 Å². The Morgan fingerprint density at radius 2 is 2.24 bits per heavy atom. The Kier molecular flexibility index (Phi) is 4.89. The molecule has 0 atom stereocenters. The fourth-order valence-electron chi connectivity index (χ4n) is 1.08. The summed E-state index contributed by atoms with van der Waals surface area (Å²) >= 11 is 0. The van der Waals surface area contributed by atoms with Gasteiger partial charge >= 0.3 is 5.97 Å². The quantitative estimate of drug-likeness (QED) is 0.562. The van der Waals surface area contributed by atoms with E-state index >= 15 is 0 Å². The van der Waals surface area contributed by atoms with Gasteiger partial charge in [0.2, 0.25) is 5.91 Å². The van der Waals surface area contributed by atoms with E-state index in [1.165, 1.54) is 6.07 Å². The fourth-order valence-corrected chi connectivity index (χ4v) is 1.08. The zero-order valence-corrected chi connectivity index (χ0v) is 9.05. The predicted octanol–water partition coefficient (Wildman–Crippen LogP) is -0.306. The van der Waals surface area contributed by atoms with Crippen LogP contribution in [0.1, 0.15) is 10.5 Å². The molecule has 0 bridgehead atoms. The lowest BCUT2D eigenvalue weighted by Crippen LogP contribution is -2.20. The average Bonchev–Trinajstić information content (AvgIpc) is 2.28. The zero-order valence-electron chi connectivity index (χ0n) is 9.05. The second-order valence-electron chi connectivity index (χ2n) is 3.16. The van der Waals surface area contributed by atoms with Crippen LogP contribution in [-0.2, 0) is 9.53 Å². The number of hydrogen-bond acceptors (Lipinski definition) is 5. The number of nitrogens with two attached hydrogens (primary N) is 1. The van der Waals surface area contributed by atoms with Gasteiger partial charge in [0.15, 0.2) is 5.69 Å². The Bertz CT molecular complexity index is 408. The van der Waals surface area contributed by atoms with Gasteiger partial charge in [0, 0.05) is 6.54 Å². The van der Waals surface area contributed by atoms with Crippen LogP contribution >= 0.6 is 0 Å². The summed E-state index contributed by atoms with van der Waals surface area (Å²) in [5.74, 6) is -1.18. The molecule has 0 aliphatic carbocycles. The molecule has 0 aromatic carbocycles. The maximum atomic E-state index is 10.6. The molecule has 0 aliphatic rings. The van der Waals surface area contributed by atoms with Crippen LogP contribution < -0.4 is 11.1 Å². The van der Waals surface area contributed by atoms with Gasteiger partial charge in [-0.15, -0.1) is 0 Å². The van der Waals surface area contributed by atoms with Crippen LogP contribution in [0, 0.1) is 0 Å². The number of ether oxygens (including phenoxy) is 1. The molecule has 0 spiro atoms. The lowest BCUT2D eigenvalue weighted by Gasteiger charge is -2.06. The second kappa shape index (κ2) is 6.44. The van der Waals surface area contributed by atoms with E-state index in [1.807, 2.05) is 0 Å². The second-order valence-corrected chi connectivity index (χ2v) is 3.16. The molecule has 0 fully saturated rings. The Labute approximate surface area is 97.6 Å². The molecule has 0 saturated carbocycles. The van der Waals surface area contributed by atoms with Gasteiger partial charge in [-0.3, -0.25) is 4.79 Å². The summed E-state index contributed by atoms with van der Waals surface area (Å²) in [6, 6.07) is 4.63. The number of nitrogens with one attached hydrogen (secondary N) is 1. The molecule has 1 aromatic heterocycles. The molecule has 0 aliphatic heterocycles. The highest BCUT2D eigenvalue weighted by atomic mass is 16.5. The van der Waals surface area contributed by atoms with Gasteiger partial charge < -0.3 is 20.9 Å². The zero-order chi connectivity index (χ0) is 12.7. The van der Waals surface area contributed by atoms with Gasteiger partial charge in [-0.25, -0.2) is 9.78 Å². The molecule has 7 nitrogen and oxygen atoms in total. The van der Waals surface area contributed by atoms with Gasteiger partial charge in [0.1, 0.15) is 12.4 Å². The highest BCUT2D eigenvalue weighted by molar-refractivity contribution is 5.85. The minimum Gasteiger partial charge on any atom is -0.477 e. The van der Waals surface area contributed by atoms with Crippen molar-refractivity contribution in [3.8, 4) is 0 Å². The van der Waals surface area contributed by atoms with Crippen LogP contribution in [0.2, 0.25) is 0 Å². The third kappa shape index (κ3) is 4.94. The number of nitrogens with zero attached hydrogens (tertiary/aromatic N) is 1. The van der Waals surface area contributed by atoms with Crippen molar-refractivity contribution < 1.29 is 19.4 Å². The topological polar surface area (TPSA) is 115 Å². The van der Waals surface area contributed by atoms with Crippen molar-refractivity contribution in [2.45, 2.75) is 0 Å². The first kappa shape index (κ1) is 12.9. The minimum atomic E-state index is -1.08. The van der Waals surface area contributed by atoms with Crippen molar-refractivity contribution in [3.63, 3.8) is 0 Å². The third-order valence-electron chi connectivity index (χ3n) is 1.77. The van der Waals surface area contributed by atoms with Gasteiger partial charge in [-0.1, -0.05) is 6.07 Å². The van der Waals surface area contributed by atoms with Gasteiger partial charge in [-0.05, 0) is 12.1 Å². The molecule has 0 saturated heterocycles. The largest absolute Gasteiger partial charge is 0.477 e. The normalized spacial score (nSPS) is 9.88. The first-order valence-electron chi connectivity index (χ1n) is 4.90. The number of carboxylic acids is 1. The predicted molar refractivity (Wildman–Crippen MR) is 59.7 cm³/mol. The van der Waals surface area contributed by atoms with Crippen LogP contribution in [0.3, 0.4) is 0 Å². The molecule has 1 heterocycles. The Hall–Kier alpha value is -2.15. The molecule has 0 unspecified atom stereocenters. The third-order valence-corrected chi connectivity index (χ3v) is 1.77. The Morgan fingerprint density at radius 1 is 1.47 bits per heavy atom. The number of rotatable bonds is 7. The fraction of sp³-hybridized carbons (Fsp3) is 0.300. The van der Waals surface area contributed by atoms with Crippen molar-refractivity contribution in [1.29, 1.82) is 0 Å². The number of carbonyl (C=O) groups excluding carboxylic acids is 1. The van der Waals surface area contributed by atoms with E-state index in [0.717, 1.165) is 0 Å². The Morgan fingerprint density at radius 3 is 2.88 bits per heavy atom. The molecule has 1 amide bonds. The van der Waals surface area contributed by atoms with Crippen molar-refractivity contribution in [2.75, 3.05) is 25.1 Å². The van der Waals surface area contributed by atoms with Gasteiger partial charge in [0.05, 0.1) is 6.61 Å². The molecular formula is C10H13N3O4. The Balaban J connectivity index is 2.34. The smallest absolute Gasteiger partial charge is 0.354 e. The standard InChI is InChI=1S/C10H13N3O4/c11-8(14)6-17-5-4-12-9-3-1-2-7(13-9)10(15)16/h1-3H,4-6H2,(H2,11,14)(H,12,13)(H,15,16). The number of aromatic nitrogens is 1. The van der Waals surface area contributed by atoms with Crippen LogP contribution in [-0.4, -0.2) is 41.7 Å². The maximum Gasteiger partial charge on any atom is 0.354 e. The van der Waals surface area contributed by atoms with Crippen molar-refractivity contribution >= 4 is 17.7 Å². The number of hydrogen-bond donors (Lipinski definition) is 3. The van der Waals surface area contributed by atoms with E-state index in [9.17, 15) is 9.59 Å². The summed E-state index contributed by atoms with van der Waals surface area (Å²) in [4.78, 5) is 24.8. The number of carboxylic acid groups (broad SMARTS) is 1. The summed E-state index contributed by atoms with van der Waals surface area (Å²) in [6.07, 6.45) is 0. The van der Waals surface area contributed by atoms with E-state index in [-0.39, 0.29) is 18.9 Å². The monoisotopic (exact) mass is 239 g/mol. The molecule has 0 radical (unpaired) electrons. The molecule has 92 valence electrons. The molecule has 1 aromatic rings. The number of anilines is 1. The van der Waals surface area contributed by atoms with E-state index in [4.69, 9.17) is 15.6 Å².